The summed E-state index contributed by atoms with van der Waals surface area (Å²) in [6.07, 6.45) is 0. The maximum Gasteiger partial charge on any atom is 0.274 e. The van der Waals surface area contributed by atoms with Gasteiger partial charge in [-0.05, 0) is 25.1 Å². The number of nitrogens with zero attached hydrogens (tertiary/aromatic N) is 2. The van der Waals surface area contributed by atoms with E-state index >= 15 is 0 Å². The molecule has 1 aromatic heterocycles. The first-order chi connectivity index (χ1) is 7.18. The van der Waals surface area contributed by atoms with Crippen LogP contribution in [0, 0.1) is 6.92 Å². The Labute approximate surface area is 91.9 Å². The van der Waals surface area contributed by atoms with Gasteiger partial charge >= 0.3 is 0 Å². The highest BCUT2D eigenvalue weighted by atomic mass is 35.5. The summed E-state index contributed by atoms with van der Waals surface area (Å²) in [4.78, 5) is 11.8. The number of benzene rings is 1. The first kappa shape index (κ1) is 9.93. The SMILES string of the molecule is Cc1cc(Cl)nn(-c2ccccc2)c1=O. The van der Waals surface area contributed by atoms with Gasteiger partial charge in [-0.25, -0.2) is 0 Å². The molecule has 0 unspecified atom stereocenters. The minimum absolute atomic E-state index is 0.148. The van der Waals surface area contributed by atoms with Gasteiger partial charge in [0.1, 0.15) is 0 Å². The van der Waals surface area contributed by atoms with Crippen LogP contribution in [-0.4, -0.2) is 9.78 Å². The van der Waals surface area contributed by atoms with Crippen molar-refractivity contribution in [2.75, 3.05) is 0 Å². The van der Waals surface area contributed by atoms with Crippen LogP contribution in [0.15, 0.2) is 41.2 Å². The molecule has 1 aromatic carbocycles. The van der Waals surface area contributed by atoms with Gasteiger partial charge in [-0.2, -0.15) is 9.78 Å². The maximum atomic E-state index is 11.8. The van der Waals surface area contributed by atoms with Gasteiger partial charge in [0, 0.05) is 5.56 Å². The van der Waals surface area contributed by atoms with Crippen molar-refractivity contribution in [3.63, 3.8) is 0 Å². The number of para-hydroxylation sites is 1. The van der Waals surface area contributed by atoms with E-state index in [4.69, 9.17) is 11.6 Å². The van der Waals surface area contributed by atoms with E-state index in [1.165, 1.54) is 4.68 Å². The Kier molecular flexibility index (Phi) is 2.56. The Bertz CT molecular complexity index is 534. The predicted molar refractivity (Wildman–Crippen MR) is 59.6 cm³/mol. The van der Waals surface area contributed by atoms with Crippen molar-refractivity contribution in [2.24, 2.45) is 0 Å². The predicted octanol–water partition coefficient (Wildman–Crippen LogP) is 2.19. The molecule has 0 saturated heterocycles. The number of aromatic nitrogens is 2. The van der Waals surface area contributed by atoms with Gasteiger partial charge in [0.15, 0.2) is 5.15 Å². The smallest absolute Gasteiger partial charge is 0.267 e. The summed E-state index contributed by atoms with van der Waals surface area (Å²) in [6, 6.07) is 10.8. The molecule has 3 nitrogen and oxygen atoms in total. The zero-order valence-corrected chi connectivity index (χ0v) is 8.90. The standard InChI is InChI=1S/C11H9ClN2O/c1-8-7-10(12)13-14(11(8)15)9-5-3-2-4-6-9/h2-7H,1H3. The van der Waals surface area contributed by atoms with Crippen molar-refractivity contribution in [1.82, 2.24) is 9.78 Å². The number of hydrogen-bond acceptors (Lipinski definition) is 2. The van der Waals surface area contributed by atoms with Gasteiger partial charge in [-0.1, -0.05) is 29.8 Å². The summed E-state index contributed by atoms with van der Waals surface area (Å²) >= 11 is 5.80. The Balaban J connectivity index is 2.69. The first-order valence-corrected chi connectivity index (χ1v) is 4.88. The van der Waals surface area contributed by atoms with Gasteiger partial charge < -0.3 is 0 Å². The van der Waals surface area contributed by atoms with E-state index in [1.54, 1.807) is 13.0 Å². The second-order valence-corrected chi connectivity index (χ2v) is 3.59. The highest BCUT2D eigenvalue weighted by Crippen LogP contribution is 2.07. The second-order valence-electron chi connectivity index (χ2n) is 3.20. The third-order valence-corrected chi connectivity index (χ3v) is 2.25. The quantitative estimate of drug-likeness (QED) is 0.739. The van der Waals surface area contributed by atoms with Crippen molar-refractivity contribution >= 4 is 11.6 Å². The van der Waals surface area contributed by atoms with Crippen molar-refractivity contribution < 1.29 is 0 Å². The molecule has 0 fully saturated rings. The van der Waals surface area contributed by atoms with Crippen LogP contribution >= 0.6 is 11.6 Å². The molecule has 2 rings (SSSR count). The van der Waals surface area contributed by atoms with E-state index in [2.05, 4.69) is 5.10 Å². The van der Waals surface area contributed by atoms with Crippen molar-refractivity contribution in [1.29, 1.82) is 0 Å². The minimum atomic E-state index is -0.148. The molecule has 0 aliphatic carbocycles. The van der Waals surface area contributed by atoms with Gasteiger partial charge in [0.2, 0.25) is 0 Å². The zero-order chi connectivity index (χ0) is 10.8. The zero-order valence-electron chi connectivity index (χ0n) is 8.14. The lowest BCUT2D eigenvalue weighted by Gasteiger charge is -2.05. The molecule has 0 aliphatic heterocycles. The Morgan fingerprint density at radius 2 is 1.93 bits per heavy atom. The number of hydrogen-bond donors (Lipinski definition) is 0. The van der Waals surface area contributed by atoms with E-state index in [1.807, 2.05) is 30.3 Å². The average Bonchev–Trinajstić information content (AvgIpc) is 2.24. The fourth-order valence-electron chi connectivity index (χ4n) is 1.32. The van der Waals surface area contributed by atoms with Crippen LogP contribution in [0.4, 0.5) is 0 Å². The van der Waals surface area contributed by atoms with Crippen molar-refractivity contribution in [3.8, 4) is 5.69 Å². The molecule has 0 N–H and O–H groups in total. The Morgan fingerprint density at radius 3 is 2.60 bits per heavy atom. The molecule has 76 valence electrons. The van der Waals surface area contributed by atoms with Crippen molar-refractivity contribution in [2.45, 2.75) is 6.92 Å². The number of rotatable bonds is 1. The third kappa shape index (κ3) is 1.92. The molecule has 2 aromatic rings. The molecule has 0 aliphatic rings. The molecule has 0 spiro atoms. The van der Waals surface area contributed by atoms with Crippen LogP contribution in [0.5, 0.6) is 0 Å². The fraction of sp³-hybridized carbons (Fsp3) is 0.0909. The van der Waals surface area contributed by atoms with Crippen LogP contribution in [0.25, 0.3) is 5.69 Å². The molecular weight excluding hydrogens is 212 g/mol. The topological polar surface area (TPSA) is 34.9 Å². The summed E-state index contributed by atoms with van der Waals surface area (Å²) in [6.45, 7) is 1.72. The van der Waals surface area contributed by atoms with Crippen LogP contribution in [0.1, 0.15) is 5.56 Å². The summed E-state index contributed by atoms with van der Waals surface area (Å²) < 4.78 is 1.30. The fourth-order valence-corrected chi connectivity index (χ4v) is 1.56. The summed E-state index contributed by atoms with van der Waals surface area (Å²) in [5.74, 6) is 0. The van der Waals surface area contributed by atoms with Crippen LogP contribution < -0.4 is 5.56 Å². The number of halogens is 1. The van der Waals surface area contributed by atoms with Crippen molar-refractivity contribution in [3.05, 3.63) is 57.5 Å². The number of aryl methyl sites for hydroxylation is 1. The third-order valence-electron chi connectivity index (χ3n) is 2.06. The maximum absolute atomic E-state index is 11.8. The van der Waals surface area contributed by atoms with Crippen LogP contribution in [0.2, 0.25) is 5.15 Å². The lowest BCUT2D eigenvalue weighted by Crippen LogP contribution is -2.23. The van der Waals surface area contributed by atoms with E-state index in [0.29, 0.717) is 16.4 Å². The van der Waals surface area contributed by atoms with E-state index in [9.17, 15) is 4.79 Å². The second kappa shape index (κ2) is 3.87. The van der Waals surface area contributed by atoms with Gasteiger partial charge in [0.05, 0.1) is 5.69 Å². The van der Waals surface area contributed by atoms with Crippen LogP contribution in [-0.2, 0) is 0 Å². The summed E-state index contributed by atoms with van der Waals surface area (Å²) in [5.41, 5.74) is 1.15. The van der Waals surface area contributed by atoms with E-state index in [-0.39, 0.29) is 5.56 Å². The molecule has 0 saturated carbocycles. The van der Waals surface area contributed by atoms with Gasteiger partial charge in [0.25, 0.3) is 5.56 Å². The highest BCUT2D eigenvalue weighted by molar-refractivity contribution is 6.29. The minimum Gasteiger partial charge on any atom is -0.267 e. The molecule has 0 atom stereocenters. The monoisotopic (exact) mass is 220 g/mol. The largest absolute Gasteiger partial charge is 0.274 e. The molecule has 0 radical (unpaired) electrons. The van der Waals surface area contributed by atoms with Gasteiger partial charge in [-0.15, -0.1) is 0 Å². The Hall–Kier alpha value is -1.61. The molecular formula is C11H9ClN2O. The molecule has 4 heteroatoms. The van der Waals surface area contributed by atoms with E-state index in [0.717, 1.165) is 0 Å². The van der Waals surface area contributed by atoms with Gasteiger partial charge in [-0.3, -0.25) is 4.79 Å². The summed E-state index contributed by atoms with van der Waals surface area (Å²) in [5, 5.41) is 4.29. The lowest BCUT2D eigenvalue weighted by atomic mass is 10.3. The first-order valence-electron chi connectivity index (χ1n) is 4.50. The molecule has 0 bridgehead atoms. The summed E-state index contributed by atoms with van der Waals surface area (Å²) in [7, 11) is 0. The van der Waals surface area contributed by atoms with Crippen LogP contribution in [0.3, 0.4) is 0 Å². The molecule has 0 amide bonds. The molecule has 1 heterocycles. The normalized spacial score (nSPS) is 10.3. The van der Waals surface area contributed by atoms with E-state index < -0.39 is 0 Å². The molecule has 15 heavy (non-hydrogen) atoms. The highest BCUT2D eigenvalue weighted by Gasteiger charge is 2.04. The lowest BCUT2D eigenvalue weighted by molar-refractivity contribution is 0.797. The average molecular weight is 221 g/mol. The Morgan fingerprint density at radius 1 is 1.27 bits per heavy atom.